The molecule has 1 heterocycles. The number of rotatable bonds is 3. The molecule has 1 aromatic rings. The van der Waals surface area contributed by atoms with Crippen LogP contribution in [0.3, 0.4) is 0 Å². The first-order chi connectivity index (χ1) is 4.83. The average molecular weight is 140 g/mol. The van der Waals surface area contributed by atoms with Crippen molar-refractivity contribution in [1.29, 1.82) is 0 Å². The molecule has 0 aliphatic rings. The van der Waals surface area contributed by atoms with E-state index in [1.807, 2.05) is 0 Å². The van der Waals surface area contributed by atoms with Gasteiger partial charge in [-0.15, -0.1) is 10.2 Å². The van der Waals surface area contributed by atoms with Crippen LogP contribution < -0.4 is 0 Å². The maximum atomic E-state index is 9.90. The van der Waals surface area contributed by atoms with Crippen LogP contribution in [0.2, 0.25) is 0 Å². The maximum Gasteiger partial charge on any atom is 0.216 e. The van der Waals surface area contributed by atoms with Crippen molar-refractivity contribution >= 4 is 6.29 Å². The summed E-state index contributed by atoms with van der Waals surface area (Å²) in [7, 11) is 0. The molecule has 0 atom stereocenters. The Labute approximate surface area is 58.3 Å². The van der Waals surface area contributed by atoms with Gasteiger partial charge in [-0.2, -0.15) is 0 Å². The van der Waals surface area contributed by atoms with Crippen molar-refractivity contribution in [1.82, 2.24) is 10.2 Å². The number of aldehydes is 1. The molecule has 0 aliphatic heterocycles. The molecule has 1 rings (SSSR count). The minimum atomic E-state index is 0.446. The van der Waals surface area contributed by atoms with Gasteiger partial charge in [0.05, 0.1) is 0 Å². The number of carbonyl (C=O) groups excluding carboxylic acids is 1. The van der Waals surface area contributed by atoms with Crippen molar-refractivity contribution in [3.8, 4) is 0 Å². The number of carbonyl (C=O) groups is 1. The van der Waals surface area contributed by atoms with Crippen LogP contribution in [0.15, 0.2) is 4.42 Å². The van der Waals surface area contributed by atoms with Gasteiger partial charge < -0.3 is 9.21 Å². The number of hydrogen-bond acceptors (Lipinski definition) is 4. The van der Waals surface area contributed by atoms with Crippen molar-refractivity contribution in [2.75, 3.05) is 0 Å². The van der Waals surface area contributed by atoms with Crippen LogP contribution in [-0.4, -0.2) is 16.5 Å². The molecule has 0 bridgehead atoms. The van der Waals surface area contributed by atoms with E-state index in [1.54, 1.807) is 6.92 Å². The van der Waals surface area contributed by atoms with E-state index in [2.05, 4.69) is 10.2 Å². The molecule has 4 nitrogen and oxygen atoms in total. The Morgan fingerprint density at radius 1 is 1.60 bits per heavy atom. The first-order valence-corrected chi connectivity index (χ1v) is 3.05. The normalized spacial score (nSPS) is 9.70. The highest BCUT2D eigenvalue weighted by Gasteiger charge is 1.99. The summed E-state index contributed by atoms with van der Waals surface area (Å²) in [6.45, 7) is 1.72. The summed E-state index contributed by atoms with van der Waals surface area (Å²) in [5, 5.41) is 7.31. The van der Waals surface area contributed by atoms with Crippen LogP contribution in [-0.2, 0) is 11.2 Å². The summed E-state index contributed by atoms with van der Waals surface area (Å²) in [5.74, 6) is 1.07. The van der Waals surface area contributed by atoms with Crippen LogP contribution in [0, 0.1) is 6.92 Å². The topological polar surface area (TPSA) is 56.0 Å². The number of hydrogen-bond donors (Lipinski definition) is 0. The van der Waals surface area contributed by atoms with Gasteiger partial charge in [0.25, 0.3) is 0 Å². The lowest BCUT2D eigenvalue weighted by atomic mass is 10.3. The first-order valence-electron chi connectivity index (χ1n) is 3.05. The smallest absolute Gasteiger partial charge is 0.216 e. The van der Waals surface area contributed by atoms with Gasteiger partial charge in [0.2, 0.25) is 11.8 Å². The van der Waals surface area contributed by atoms with Gasteiger partial charge in [0, 0.05) is 19.8 Å². The number of nitrogens with zero attached hydrogens (tertiary/aromatic N) is 2. The van der Waals surface area contributed by atoms with Crippen molar-refractivity contribution in [2.45, 2.75) is 19.8 Å². The van der Waals surface area contributed by atoms with Crippen LogP contribution in [0.25, 0.3) is 0 Å². The van der Waals surface area contributed by atoms with E-state index in [-0.39, 0.29) is 0 Å². The lowest BCUT2D eigenvalue weighted by molar-refractivity contribution is -0.107. The second kappa shape index (κ2) is 3.10. The minimum Gasteiger partial charge on any atom is -0.426 e. The molecule has 1 aromatic heterocycles. The zero-order valence-corrected chi connectivity index (χ0v) is 5.70. The Bertz CT molecular complexity index is 219. The molecular weight excluding hydrogens is 132 g/mol. The molecule has 0 saturated heterocycles. The predicted octanol–water partition coefficient (Wildman–Crippen LogP) is 0.510. The fourth-order valence-corrected chi connectivity index (χ4v) is 0.621. The first kappa shape index (κ1) is 6.92. The van der Waals surface area contributed by atoms with E-state index < -0.39 is 0 Å². The van der Waals surface area contributed by atoms with Crippen molar-refractivity contribution in [3.05, 3.63) is 11.8 Å². The van der Waals surface area contributed by atoms with Crippen molar-refractivity contribution in [3.63, 3.8) is 0 Å². The molecule has 0 unspecified atom stereocenters. The van der Waals surface area contributed by atoms with Gasteiger partial charge in [-0.25, -0.2) is 0 Å². The fourth-order valence-electron chi connectivity index (χ4n) is 0.621. The highest BCUT2D eigenvalue weighted by molar-refractivity contribution is 5.49. The zero-order chi connectivity index (χ0) is 7.40. The van der Waals surface area contributed by atoms with Gasteiger partial charge in [-0.05, 0) is 0 Å². The van der Waals surface area contributed by atoms with Gasteiger partial charge >= 0.3 is 0 Å². The summed E-state index contributed by atoms with van der Waals surface area (Å²) in [5.41, 5.74) is 0. The quantitative estimate of drug-likeness (QED) is 0.574. The molecule has 54 valence electrons. The highest BCUT2D eigenvalue weighted by Crippen LogP contribution is 1.99. The molecule has 0 spiro atoms. The Hall–Kier alpha value is -1.19. The highest BCUT2D eigenvalue weighted by atomic mass is 16.4. The van der Waals surface area contributed by atoms with Crippen LogP contribution in [0.4, 0.5) is 0 Å². The van der Waals surface area contributed by atoms with Gasteiger partial charge in [-0.3, -0.25) is 0 Å². The second-order valence-electron chi connectivity index (χ2n) is 1.92. The Kier molecular flexibility index (Phi) is 2.15. The minimum absolute atomic E-state index is 0.446. The van der Waals surface area contributed by atoms with Gasteiger partial charge in [-0.1, -0.05) is 0 Å². The molecule has 0 radical (unpaired) electrons. The molecule has 10 heavy (non-hydrogen) atoms. The van der Waals surface area contributed by atoms with E-state index in [0.717, 1.165) is 6.29 Å². The van der Waals surface area contributed by atoms with E-state index in [4.69, 9.17) is 4.42 Å². The summed E-state index contributed by atoms with van der Waals surface area (Å²) < 4.78 is 5.00. The Morgan fingerprint density at radius 3 is 2.90 bits per heavy atom. The number of aryl methyl sites for hydroxylation is 2. The monoisotopic (exact) mass is 140 g/mol. The maximum absolute atomic E-state index is 9.90. The Balaban J connectivity index is 2.49. The third kappa shape index (κ3) is 1.65. The summed E-state index contributed by atoms with van der Waals surface area (Å²) in [6.07, 6.45) is 1.82. The summed E-state index contributed by atoms with van der Waals surface area (Å²) in [4.78, 5) is 9.90. The lowest BCUT2D eigenvalue weighted by Gasteiger charge is -1.83. The molecule has 0 N–H and O–H groups in total. The summed E-state index contributed by atoms with van der Waals surface area (Å²) >= 11 is 0. The van der Waals surface area contributed by atoms with Crippen LogP contribution in [0.5, 0.6) is 0 Å². The SMILES string of the molecule is Cc1nnc(CCC=O)o1. The molecule has 0 aliphatic carbocycles. The molecule has 4 heteroatoms. The van der Waals surface area contributed by atoms with E-state index in [1.165, 1.54) is 0 Å². The Morgan fingerprint density at radius 2 is 2.40 bits per heavy atom. The van der Waals surface area contributed by atoms with E-state index in [0.29, 0.717) is 24.6 Å². The van der Waals surface area contributed by atoms with Gasteiger partial charge in [0.1, 0.15) is 6.29 Å². The average Bonchev–Trinajstić information content (AvgIpc) is 2.31. The molecular formula is C6H8N2O2. The van der Waals surface area contributed by atoms with Gasteiger partial charge in [0.15, 0.2) is 0 Å². The standard InChI is InChI=1S/C6H8N2O2/c1-5-7-8-6(10-5)3-2-4-9/h4H,2-3H2,1H3. The van der Waals surface area contributed by atoms with Crippen LogP contribution in [0.1, 0.15) is 18.2 Å². The third-order valence-electron chi connectivity index (χ3n) is 1.04. The summed E-state index contributed by atoms with van der Waals surface area (Å²) in [6, 6.07) is 0. The molecule has 0 fully saturated rings. The van der Waals surface area contributed by atoms with E-state index >= 15 is 0 Å². The molecule has 0 saturated carbocycles. The third-order valence-corrected chi connectivity index (χ3v) is 1.04. The van der Waals surface area contributed by atoms with E-state index in [9.17, 15) is 4.79 Å². The van der Waals surface area contributed by atoms with Crippen molar-refractivity contribution in [2.24, 2.45) is 0 Å². The van der Waals surface area contributed by atoms with Crippen LogP contribution >= 0.6 is 0 Å². The fraction of sp³-hybridized carbons (Fsp3) is 0.500. The molecule has 0 aromatic carbocycles. The zero-order valence-electron chi connectivity index (χ0n) is 5.70. The largest absolute Gasteiger partial charge is 0.426 e. The molecule has 0 amide bonds. The second-order valence-corrected chi connectivity index (χ2v) is 1.92. The predicted molar refractivity (Wildman–Crippen MR) is 33.4 cm³/mol. The number of aromatic nitrogens is 2. The van der Waals surface area contributed by atoms with Crippen molar-refractivity contribution < 1.29 is 9.21 Å². The lowest BCUT2D eigenvalue weighted by Crippen LogP contribution is -1.85.